The van der Waals surface area contributed by atoms with Gasteiger partial charge in [-0.1, -0.05) is 23.2 Å². The fourth-order valence-electron chi connectivity index (χ4n) is 1.51. The standard InChI is InChI=1S/C11H9Cl2N3O3S/c1-15-7(5-17)4-14-11(15)20-10-8(12)2-6(16(18)19)3-9(10)13/h2-4,17H,5H2,1H3. The van der Waals surface area contributed by atoms with Crippen molar-refractivity contribution in [1.29, 1.82) is 0 Å². The first-order chi connectivity index (χ1) is 9.43. The Kier molecular flexibility index (Phi) is 4.54. The topological polar surface area (TPSA) is 81.2 Å². The number of hydrogen-bond acceptors (Lipinski definition) is 5. The van der Waals surface area contributed by atoms with Gasteiger partial charge in [-0.15, -0.1) is 0 Å². The summed E-state index contributed by atoms with van der Waals surface area (Å²) in [6.45, 7) is -0.133. The maximum Gasteiger partial charge on any atom is 0.272 e. The third-order valence-electron chi connectivity index (χ3n) is 2.59. The molecule has 2 rings (SSSR count). The molecule has 2 aromatic rings. The molecule has 0 aliphatic heterocycles. The average molecular weight is 334 g/mol. The van der Waals surface area contributed by atoms with Gasteiger partial charge in [0.15, 0.2) is 5.16 Å². The summed E-state index contributed by atoms with van der Waals surface area (Å²) in [5, 5.41) is 20.8. The molecule has 20 heavy (non-hydrogen) atoms. The van der Waals surface area contributed by atoms with Crippen LogP contribution in [-0.2, 0) is 13.7 Å². The number of nitro benzene ring substituents is 1. The summed E-state index contributed by atoms with van der Waals surface area (Å²) in [6, 6.07) is 2.48. The zero-order chi connectivity index (χ0) is 14.9. The van der Waals surface area contributed by atoms with Gasteiger partial charge in [0, 0.05) is 19.2 Å². The van der Waals surface area contributed by atoms with E-state index in [1.165, 1.54) is 30.1 Å². The van der Waals surface area contributed by atoms with E-state index >= 15 is 0 Å². The van der Waals surface area contributed by atoms with Crippen molar-refractivity contribution in [2.75, 3.05) is 0 Å². The van der Waals surface area contributed by atoms with E-state index < -0.39 is 4.92 Å². The third kappa shape index (κ3) is 2.90. The number of aliphatic hydroxyl groups is 1. The lowest BCUT2D eigenvalue weighted by molar-refractivity contribution is -0.384. The van der Waals surface area contributed by atoms with Crippen molar-refractivity contribution in [2.45, 2.75) is 16.7 Å². The van der Waals surface area contributed by atoms with E-state index in [2.05, 4.69) is 4.98 Å². The predicted octanol–water partition coefficient (Wildman–Crippen LogP) is 3.28. The molecule has 1 heterocycles. The zero-order valence-corrected chi connectivity index (χ0v) is 12.5. The van der Waals surface area contributed by atoms with Crippen LogP contribution in [0.5, 0.6) is 0 Å². The van der Waals surface area contributed by atoms with Gasteiger partial charge in [0.2, 0.25) is 0 Å². The number of rotatable bonds is 4. The summed E-state index contributed by atoms with van der Waals surface area (Å²) in [7, 11) is 1.74. The molecule has 0 atom stereocenters. The van der Waals surface area contributed by atoms with E-state index in [0.717, 1.165) is 0 Å². The molecule has 0 fully saturated rings. The number of nitro groups is 1. The Morgan fingerprint density at radius 3 is 2.50 bits per heavy atom. The van der Waals surface area contributed by atoms with E-state index in [9.17, 15) is 10.1 Å². The summed E-state index contributed by atoms with van der Waals surface area (Å²) in [6.07, 6.45) is 1.54. The molecule has 0 spiro atoms. The van der Waals surface area contributed by atoms with Crippen molar-refractivity contribution >= 4 is 40.7 Å². The molecule has 0 aliphatic carbocycles. The van der Waals surface area contributed by atoms with Crippen LogP contribution < -0.4 is 0 Å². The van der Waals surface area contributed by atoms with E-state index in [0.29, 0.717) is 15.7 Å². The molecule has 0 radical (unpaired) electrons. The molecule has 0 saturated heterocycles. The number of aromatic nitrogens is 2. The molecule has 106 valence electrons. The lowest BCUT2D eigenvalue weighted by Crippen LogP contribution is -1.97. The highest BCUT2D eigenvalue weighted by atomic mass is 35.5. The van der Waals surface area contributed by atoms with Gasteiger partial charge in [0.25, 0.3) is 5.69 Å². The molecular formula is C11H9Cl2N3O3S. The number of nitrogens with zero attached hydrogens (tertiary/aromatic N) is 3. The number of halogens is 2. The van der Waals surface area contributed by atoms with Gasteiger partial charge in [-0.3, -0.25) is 10.1 Å². The molecule has 1 aromatic carbocycles. The maximum absolute atomic E-state index is 10.7. The molecule has 0 bridgehead atoms. The van der Waals surface area contributed by atoms with Crippen molar-refractivity contribution in [3.8, 4) is 0 Å². The first-order valence-electron chi connectivity index (χ1n) is 5.36. The Balaban J connectivity index is 2.38. The minimum atomic E-state index is -0.559. The third-order valence-corrected chi connectivity index (χ3v) is 4.62. The van der Waals surface area contributed by atoms with Crippen molar-refractivity contribution in [3.63, 3.8) is 0 Å². The average Bonchev–Trinajstić information content (AvgIpc) is 2.74. The molecule has 0 aliphatic rings. The Labute approximate surface area is 128 Å². The highest BCUT2D eigenvalue weighted by molar-refractivity contribution is 7.99. The SMILES string of the molecule is Cn1c(CO)cnc1Sc1c(Cl)cc([N+](=O)[O-])cc1Cl. The Morgan fingerprint density at radius 2 is 2.05 bits per heavy atom. The monoisotopic (exact) mass is 333 g/mol. The fourth-order valence-corrected chi connectivity index (χ4v) is 3.07. The van der Waals surface area contributed by atoms with Crippen molar-refractivity contribution < 1.29 is 10.0 Å². The van der Waals surface area contributed by atoms with Crippen molar-refractivity contribution in [3.05, 3.63) is 44.2 Å². The van der Waals surface area contributed by atoms with E-state index in [1.54, 1.807) is 11.6 Å². The second kappa shape index (κ2) is 6.01. The number of imidazole rings is 1. The Morgan fingerprint density at radius 1 is 1.45 bits per heavy atom. The largest absolute Gasteiger partial charge is 0.390 e. The Bertz CT molecular complexity index is 652. The molecule has 1 N–H and O–H groups in total. The molecule has 9 heteroatoms. The van der Waals surface area contributed by atoms with Gasteiger partial charge >= 0.3 is 0 Å². The number of non-ortho nitro benzene ring substituents is 1. The molecule has 1 aromatic heterocycles. The Hall–Kier alpha value is -1.28. The quantitative estimate of drug-likeness (QED) is 0.685. The van der Waals surface area contributed by atoms with E-state index in [-0.39, 0.29) is 22.3 Å². The molecule has 0 unspecified atom stereocenters. The summed E-state index contributed by atoms with van der Waals surface area (Å²) < 4.78 is 1.69. The lowest BCUT2D eigenvalue weighted by atomic mass is 10.3. The van der Waals surface area contributed by atoms with Crippen LogP contribution in [0.3, 0.4) is 0 Å². The maximum atomic E-state index is 10.7. The van der Waals surface area contributed by atoms with Crippen LogP contribution in [0.25, 0.3) is 0 Å². The molecular weight excluding hydrogens is 325 g/mol. The van der Waals surface area contributed by atoms with Crippen LogP contribution in [0, 0.1) is 10.1 Å². The molecule has 0 saturated carbocycles. The van der Waals surface area contributed by atoms with Gasteiger partial charge in [-0.25, -0.2) is 4.98 Å². The highest BCUT2D eigenvalue weighted by Crippen LogP contribution is 2.40. The summed E-state index contributed by atoms with van der Waals surface area (Å²) in [5.74, 6) is 0. The number of aliphatic hydroxyl groups excluding tert-OH is 1. The van der Waals surface area contributed by atoms with Crippen LogP contribution in [0.4, 0.5) is 5.69 Å². The number of benzene rings is 1. The molecule has 6 nitrogen and oxygen atoms in total. The van der Waals surface area contributed by atoms with Gasteiger partial charge < -0.3 is 9.67 Å². The normalized spacial score (nSPS) is 10.8. The van der Waals surface area contributed by atoms with Crippen LogP contribution in [-0.4, -0.2) is 19.6 Å². The lowest BCUT2D eigenvalue weighted by Gasteiger charge is -2.07. The summed E-state index contributed by atoms with van der Waals surface area (Å²) in [4.78, 5) is 14.8. The van der Waals surface area contributed by atoms with Crippen molar-refractivity contribution in [1.82, 2.24) is 9.55 Å². The van der Waals surface area contributed by atoms with Gasteiger partial charge in [0.05, 0.1) is 38.4 Å². The minimum Gasteiger partial charge on any atom is -0.390 e. The van der Waals surface area contributed by atoms with Gasteiger partial charge in [0.1, 0.15) is 0 Å². The van der Waals surface area contributed by atoms with Crippen LogP contribution in [0.1, 0.15) is 5.69 Å². The fraction of sp³-hybridized carbons (Fsp3) is 0.182. The van der Waals surface area contributed by atoms with Gasteiger partial charge in [-0.05, 0) is 11.8 Å². The van der Waals surface area contributed by atoms with Gasteiger partial charge in [-0.2, -0.15) is 0 Å². The van der Waals surface area contributed by atoms with Crippen LogP contribution in [0.15, 0.2) is 28.4 Å². The first kappa shape index (κ1) is 15.1. The highest BCUT2D eigenvalue weighted by Gasteiger charge is 2.17. The predicted molar refractivity (Wildman–Crippen MR) is 76.4 cm³/mol. The second-order valence-corrected chi connectivity index (χ2v) is 5.64. The van der Waals surface area contributed by atoms with Crippen LogP contribution >= 0.6 is 35.0 Å². The zero-order valence-electron chi connectivity index (χ0n) is 10.2. The van der Waals surface area contributed by atoms with E-state index in [1.807, 2.05) is 0 Å². The van der Waals surface area contributed by atoms with E-state index in [4.69, 9.17) is 28.3 Å². The van der Waals surface area contributed by atoms with Crippen molar-refractivity contribution in [2.24, 2.45) is 7.05 Å². The van der Waals surface area contributed by atoms with Crippen LogP contribution in [0.2, 0.25) is 10.0 Å². The second-order valence-electron chi connectivity index (χ2n) is 3.85. The summed E-state index contributed by atoms with van der Waals surface area (Å²) in [5.41, 5.74) is 0.474. The minimum absolute atomic E-state index is 0.133. The first-order valence-corrected chi connectivity index (χ1v) is 6.94. The molecule has 0 amide bonds. The number of hydrogen-bond donors (Lipinski definition) is 1. The summed E-state index contributed by atoms with van der Waals surface area (Å²) >= 11 is 13.2. The smallest absolute Gasteiger partial charge is 0.272 e.